The molecule has 1 saturated carbocycles. The van der Waals surface area contributed by atoms with Crippen LogP contribution in [0, 0.1) is 17.2 Å². The van der Waals surface area contributed by atoms with Crippen LogP contribution in [0.15, 0.2) is 47.4 Å². The first-order valence-electron chi connectivity index (χ1n) is 9.15. The molecule has 0 heterocycles. The standard InChI is InChI=1S/C20H22F4N2O3S/c1-19(2)14(17(19)12-6-8-13(9-7-12)30(25,27)28)10-26-18-15(21)4-3-5-16(18)29-11-20(22,23)24/h3-9,14,17,26H,10-11H2,1-2H3,(H2,25,27,28)/t14-,17-/m1/s1. The van der Waals surface area contributed by atoms with Gasteiger partial charge in [0, 0.05) is 6.54 Å². The number of primary sulfonamides is 1. The van der Waals surface area contributed by atoms with Gasteiger partial charge in [-0.1, -0.05) is 32.0 Å². The fourth-order valence-electron chi connectivity index (χ4n) is 3.82. The van der Waals surface area contributed by atoms with E-state index in [9.17, 15) is 26.0 Å². The lowest BCUT2D eigenvalue weighted by Crippen LogP contribution is -2.20. The summed E-state index contributed by atoms with van der Waals surface area (Å²) in [7, 11) is -3.79. The second-order valence-electron chi connectivity index (χ2n) is 7.92. The quantitative estimate of drug-likeness (QED) is 0.623. The smallest absolute Gasteiger partial charge is 0.422 e. The van der Waals surface area contributed by atoms with E-state index in [1.165, 1.54) is 24.3 Å². The van der Waals surface area contributed by atoms with Gasteiger partial charge in [0.1, 0.15) is 17.3 Å². The molecule has 0 spiro atoms. The van der Waals surface area contributed by atoms with E-state index in [0.29, 0.717) is 6.54 Å². The molecule has 0 aromatic heterocycles. The Morgan fingerprint density at radius 2 is 1.77 bits per heavy atom. The van der Waals surface area contributed by atoms with Gasteiger partial charge >= 0.3 is 6.18 Å². The molecule has 1 fully saturated rings. The molecule has 0 aliphatic heterocycles. The molecule has 164 valence electrons. The van der Waals surface area contributed by atoms with Crippen LogP contribution in [-0.4, -0.2) is 27.7 Å². The molecule has 30 heavy (non-hydrogen) atoms. The summed E-state index contributed by atoms with van der Waals surface area (Å²) in [5, 5.41) is 8.00. The predicted molar refractivity (Wildman–Crippen MR) is 104 cm³/mol. The van der Waals surface area contributed by atoms with Crippen molar-refractivity contribution in [1.82, 2.24) is 0 Å². The topological polar surface area (TPSA) is 81.4 Å². The van der Waals surface area contributed by atoms with Crippen LogP contribution in [0.3, 0.4) is 0 Å². The highest BCUT2D eigenvalue weighted by Crippen LogP contribution is 2.64. The number of ether oxygens (including phenoxy) is 1. The zero-order chi connectivity index (χ0) is 22.3. The van der Waals surface area contributed by atoms with Crippen LogP contribution in [0.5, 0.6) is 5.75 Å². The Labute approximate surface area is 172 Å². The van der Waals surface area contributed by atoms with E-state index in [0.717, 1.165) is 11.6 Å². The van der Waals surface area contributed by atoms with Crippen molar-refractivity contribution in [2.75, 3.05) is 18.5 Å². The summed E-state index contributed by atoms with van der Waals surface area (Å²) in [5.74, 6) is -0.805. The van der Waals surface area contributed by atoms with Crippen molar-refractivity contribution < 1.29 is 30.7 Å². The molecule has 3 rings (SSSR count). The predicted octanol–water partition coefficient (Wildman–Crippen LogP) is 4.27. The summed E-state index contributed by atoms with van der Waals surface area (Å²) >= 11 is 0. The van der Waals surface area contributed by atoms with Crippen LogP contribution >= 0.6 is 0 Å². The molecule has 0 unspecified atom stereocenters. The van der Waals surface area contributed by atoms with Crippen LogP contribution in [0.25, 0.3) is 0 Å². The maximum Gasteiger partial charge on any atom is 0.422 e. The van der Waals surface area contributed by atoms with Gasteiger partial charge in [0.15, 0.2) is 6.61 Å². The highest BCUT2D eigenvalue weighted by Gasteiger charge is 2.57. The fraction of sp³-hybridized carbons (Fsp3) is 0.400. The number of nitrogens with one attached hydrogen (secondary N) is 1. The molecule has 10 heteroatoms. The van der Waals surface area contributed by atoms with Crippen molar-refractivity contribution in [2.24, 2.45) is 16.5 Å². The zero-order valence-electron chi connectivity index (χ0n) is 16.3. The Morgan fingerprint density at radius 3 is 2.33 bits per heavy atom. The van der Waals surface area contributed by atoms with Crippen molar-refractivity contribution >= 4 is 15.7 Å². The van der Waals surface area contributed by atoms with Crippen LogP contribution in [0.4, 0.5) is 23.2 Å². The van der Waals surface area contributed by atoms with E-state index in [1.54, 1.807) is 12.1 Å². The Balaban J connectivity index is 1.72. The van der Waals surface area contributed by atoms with Gasteiger partial charge in [0.25, 0.3) is 0 Å². The molecule has 3 N–H and O–H groups in total. The SMILES string of the molecule is CC1(C)[C@H](CNc2c(F)cccc2OCC(F)(F)F)[C@H]1c1ccc(S(N)(=O)=O)cc1. The van der Waals surface area contributed by atoms with Crippen molar-refractivity contribution in [1.29, 1.82) is 0 Å². The van der Waals surface area contributed by atoms with Crippen LogP contribution < -0.4 is 15.2 Å². The first kappa shape index (κ1) is 22.4. The average Bonchev–Trinajstić information content (AvgIpc) is 3.18. The second-order valence-corrected chi connectivity index (χ2v) is 9.48. The first-order chi connectivity index (χ1) is 13.8. The largest absolute Gasteiger partial charge is 0.482 e. The Bertz CT molecular complexity index is 1020. The molecule has 2 aromatic carbocycles. The lowest BCUT2D eigenvalue weighted by molar-refractivity contribution is -0.153. The van der Waals surface area contributed by atoms with Gasteiger partial charge in [-0.05, 0) is 47.1 Å². The maximum absolute atomic E-state index is 14.2. The molecule has 1 aliphatic rings. The number of sulfonamides is 1. The monoisotopic (exact) mass is 446 g/mol. The number of anilines is 1. The maximum atomic E-state index is 14.2. The van der Waals surface area contributed by atoms with E-state index in [4.69, 9.17) is 9.88 Å². The average molecular weight is 446 g/mol. The molecule has 2 aromatic rings. The number of para-hydroxylation sites is 1. The first-order valence-corrected chi connectivity index (χ1v) is 10.7. The molecule has 0 radical (unpaired) electrons. The highest BCUT2D eigenvalue weighted by molar-refractivity contribution is 7.89. The minimum atomic E-state index is -4.53. The molecule has 0 saturated heterocycles. The van der Waals surface area contributed by atoms with Crippen molar-refractivity contribution in [3.8, 4) is 5.75 Å². The molecule has 1 aliphatic carbocycles. The number of rotatable bonds is 7. The van der Waals surface area contributed by atoms with Gasteiger partial charge in [-0.2, -0.15) is 13.2 Å². The summed E-state index contributed by atoms with van der Waals surface area (Å²) in [6.45, 7) is 2.82. The number of hydrogen-bond acceptors (Lipinski definition) is 4. The van der Waals surface area contributed by atoms with Gasteiger partial charge in [0.2, 0.25) is 10.0 Å². The Kier molecular flexibility index (Phi) is 5.76. The van der Waals surface area contributed by atoms with E-state index in [2.05, 4.69) is 5.32 Å². The van der Waals surface area contributed by atoms with Gasteiger partial charge < -0.3 is 10.1 Å². The Morgan fingerprint density at radius 1 is 1.13 bits per heavy atom. The molecular formula is C20H22F4N2O3S. The van der Waals surface area contributed by atoms with Gasteiger partial charge in [-0.15, -0.1) is 0 Å². The molecule has 5 nitrogen and oxygen atoms in total. The lowest BCUT2D eigenvalue weighted by Gasteiger charge is -2.15. The third-order valence-corrected chi connectivity index (χ3v) is 6.41. The van der Waals surface area contributed by atoms with Crippen molar-refractivity contribution in [3.63, 3.8) is 0 Å². The van der Waals surface area contributed by atoms with Crippen LogP contribution in [-0.2, 0) is 10.0 Å². The lowest BCUT2D eigenvalue weighted by atomic mass is 10.0. The number of nitrogens with two attached hydrogens (primary N) is 1. The summed E-state index contributed by atoms with van der Waals surface area (Å²) < 4.78 is 79.2. The van der Waals surface area contributed by atoms with E-state index >= 15 is 0 Å². The third kappa shape index (κ3) is 4.86. The van der Waals surface area contributed by atoms with Crippen molar-refractivity contribution in [2.45, 2.75) is 30.8 Å². The Hall–Kier alpha value is -2.33. The minimum absolute atomic E-state index is 0.0113. The number of hydrogen-bond donors (Lipinski definition) is 2. The normalized spacial score (nSPS) is 20.6. The van der Waals surface area contributed by atoms with E-state index in [1.807, 2.05) is 13.8 Å². The van der Waals surface area contributed by atoms with Gasteiger partial charge in [-0.25, -0.2) is 17.9 Å². The van der Waals surface area contributed by atoms with Gasteiger partial charge in [-0.3, -0.25) is 0 Å². The fourth-order valence-corrected chi connectivity index (χ4v) is 4.33. The number of halogens is 4. The minimum Gasteiger partial charge on any atom is -0.482 e. The van der Waals surface area contributed by atoms with E-state index in [-0.39, 0.29) is 33.6 Å². The summed E-state index contributed by atoms with van der Waals surface area (Å²) in [6.07, 6.45) is -4.53. The van der Waals surface area contributed by atoms with E-state index < -0.39 is 28.6 Å². The molecular weight excluding hydrogens is 424 g/mol. The summed E-state index contributed by atoms with van der Waals surface area (Å²) in [4.78, 5) is 0.0113. The summed E-state index contributed by atoms with van der Waals surface area (Å²) in [5.41, 5.74) is 0.614. The molecule has 2 atom stereocenters. The van der Waals surface area contributed by atoms with Crippen LogP contribution in [0.1, 0.15) is 25.3 Å². The summed E-state index contributed by atoms with van der Waals surface area (Å²) in [6, 6.07) is 9.94. The molecule has 0 bridgehead atoms. The number of benzene rings is 2. The number of alkyl halides is 3. The third-order valence-electron chi connectivity index (χ3n) is 5.48. The van der Waals surface area contributed by atoms with Crippen molar-refractivity contribution in [3.05, 3.63) is 53.8 Å². The second kappa shape index (κ2) is 7.73. The van der Waals surface area contributed by atoms with Gasteiger partial charge in [0.05, 0.1) is 4.90 Å². The highest BCUT2D eigenvalue weighted by atomic mass is 32.2. The van der Waals surface area contributed by atoms with Crippen LogP contribution in [0.2, 0.25) is 0 Å². The molecule has 0 amide bonds. The zero-order valence-corrected chi connectivity index (χ0v) is 17.1.